The summed E-state index contributed by atoms with van der Waals surface area (Å²) in [5.74, 6) is 0.378. The normalized spacial score (nSPS) is 15.3. The van der Waals surface area contributed by atoms with Gasteiger partial charge in [0.1, 0.15) is 0 Å². The van der Waals surface area contributed by atoms with Crippen LogP contribution in [0.3, 0.4) is 0 Å². The summed E-state index contributed by atoms with van der Waals surface area (Å²) in [6.07, 6.45) is 2.96. The van der Waals surface area contributed by atoms with Gasteiger partial charge in [-0.15, -0.1) is 0 Å². The maximum absolute atomic E-state index is 12.2. The van der Waals surface area contributed by atoms with E-state index in [9.17, 15) is 8.42 Å². The van der Waals surface area contributed by atoms with E-state index in [1.165, 1.54) is 0 Å². The molecule has 0 radical (unpaired) electrons. The Bertz CT molecular complexity index is 521. The molecule has 1 aromatic rings. The second-order valence-electron chi connectivity index (χ2n) is 5.83. The van der Waals surface area contributed by atoms with Gasteiger partial charge in [-0.1, -0.05) is 19.1 Å². The first kappa shape index (κ1) is 17.2. The van der Waals surface area contributed by atoms with E-state index in [0.29, 0.717) is 10.8 Å². The molecule has 4 heteroatoms. The van der Waals surface area contributed by atoms with Crippen molar-refractivity contribution in [1.82, 2.24) is 0 Å². The van der Waals surface area contributed by atoms with Crippen LogP contribution in [0.25, 0.3) is 0 Å². The van der Waals surface area contributed by atoms with Gasteiger partial charge in [-0.2, -0.15) is 0 Å². The summed E-state index contributed by atoms with van der Waals surface area (Å²) in [6, 6.07) is 7.59. The smallest absolute Gasteiger partial charge is 0.180 e. The maximum atomic E-state index is 12.2. The fourth-order valence-corrected chi connectivity index (χ4v) is 3.40. The van der Waals surface area contributed by atoms with E-state index in [1.807, 2.05) is 25.1 Å². The molecule has 2 unspecified atom stereocenters. The first-order valence-corrected chi connectivity index (χ1v) is 8.93. The van der Waals surface area contributed by atoms with Crippen molar-refractivity contribution < 1.29 is 8.42 Å². The van der Waals surface area contributed by atoms with Crippen molar-refractivity contribution in [3.05, 3.63) is 29.8 Å². The van der Waals surface area contributed by atoms with Gasteiger partial charge in [-0.3, -0.25) is 0 Å². The summed E-state index contributed by atoms with van der Waals surface area (Å²) >= 11 is 0. The fourth-order valence-electron chi connectivity index (χ4n) is 2.29. The quantitative estimate of drug-likeness (QED) is 0.838. The van der Waals surface area contributed by atoms with Crippen LogP contribution >= 0.6 is 0 Å². The second-order valence-corrected chi connectivity index (χ2v) is 8.33. The molecule has 20 heavy (non-hydrogen) atoms. The lowest BCUT2D eigenvalue weighted by atomic mass is 9.91. The number of rotatable bonds is 7. The Morgan fingerprint density at radius 3 is 2.30 bits per heavy atom. The second kappa shape index (κ2) is 7.23. The minimum absolute atomic E-state index is 0.187. The third-order valence-corrected chi connectivity index (χ3v) is 5.89. The number of sulfone groups is 1. The van der Waals surface area contributed by atoms with Crippen molar-refractivity contribution in [1.29, 1.82) is 0 Å². The fraction of sp³-hybridized carbons (Fsp3) is 0.625. The van der Waals surface area contributed by atoms with Gasteiger partial charge in [-0.25, -0.2) is 8.42 Å². The van der Waals surface area contributed by atoms with E-state index in [-0.39, 0.29) is 11.3 Å². The van der Waals surface area contributed by atoms with Gasteiger partial charge >= 0.3 is 0 Å². The summed E-state index contributed by atoms with van der Waals surface area (Å²) in [6.45, 7) is 7.58. The van der Waals surface area contributed by atoms with Crippen molar-refractivity contribution >= 4 is 9.84 Å². The standard InChI is InChI=1S/C16H27NO2S/c1-5-14(10-9-13(4)17)15-7-6-8-16(11-15)20(18,19)12(2)3/h6-8,11-14H,5,9-10,17H2,1-4H3. The topological polar surface area (TPSA) is 60.2 Å². The molecular weight excluding hydrogens is 270 g/mol. The molecule has 0 amide bonds. The van der Waals surface area contributed by atoms with Gasteiger partial charge in [0, 0.05) is 6.04 Å². The van der Waals surface area contributed by atoms with E-state index < -0.39 is 9.84 Å². The highest BCUT2D eigenvalue weighted by Gasteiger charge is 2.20. The van der Waals surface area contributed by atoms with E-state index in [4.69, 9.17) is 5.73 Å². The summed E-state index contributed by atoms with van der Waals surface area (Å²) in [5, 5.41) is -0.387. The summed E-state index contributed by atoms with van der Waals surface area (Å²) in [7, 11) is -3.20. The van der Waals surface area contributed by atoms with E-state index in [1.54, 1.807) is 19.9 Å². The molecule has 0 aliphatic heterocycles. The molecule has 0 fully saturated rings. The minimum atomic E-state index is -3.20. The third-order valence-electron chi connectivity index (χ3n) is 3.74. The van der Waals surface area contributed by atoms with Crippen LogP contribution in [0.1, 0.15) is 58.4 Å². The van der Waals surface area contributed by atoms with Crippen LogP contribution in [-0.2, 0) is 9.84 Å². The molecule has 0 aromatic heterocycles. The highest BCUT2D eigenvalue weighted by molar-refractivity contribution is 7.92. The van der Waals surface area contributed by atoms with Crippen LogP contribution in [0.2, 0.25) is 0 Å². The molecule has 0 spiro atoms. The molecule has 0 saturated heterocycles. The molecule has 0 aliphatic carbocycles. The molecule has 2 atom stereocenters. The van der Waals surface area contributed by atoms with Crippen LogP contribution in [0.5, 0.6) is 0 Å². The van der Waals surface area contributed by atoms with Gasteiger partial charge in [-0.05, 0) is 63.6 Å². The molecule has 114 valence electrons. The zero-order chi connectivity index (χ0) is 15.3. The van der Waals surface area contributed by atoms with Crippen LogP contribution < -0.4 is 5.73 Å². The molecule has 0 aliphatic rings. The highest BCUT2D eigenvalue weighted by atomic mass is 32.2. The van der Waals surface area contributed by atoms with E-state index in [2.05, 4.69) is 6.92 Å². The summed E-state index contributed by atoms with van der Waals surface area (Å²) in [5.41, 5.74) is 6.92. The molecule has 1 rings (SSSR count). The number of nitrogens with two attached hydrogens (primary N) is 1. The Labute approximate surface area is 123 Å². The van der Waals surface area contributed by atoms with Crippen molar-refractivity contribution in [3.8, 4) is 0 Å². The van der Waals surface area contributed by atoms with Crippen LogP contribution in [-0.4, -0.2) is 19.7 Å². The highest BCUT2D eigenvalue weighted by Crippen LogP contribution is 2.28. The van der Waals surface area contributed by atoms with Crippen LogP contribution in [0.4, 0.5) is 0 Å². The van der Waals surface area contributed by atoms with Gasteiger partial charge in [0.05, 0.1) is 10.1 Å². The predicted molar refractivity (Wildman–Crippen MR) is 84.7 cm³/mol. The lowest BCUT2D eigenvalue weighted by molar-refractivity contribution is 0.531. The van der Waals surface area contributed by atoms with Crippen molar-refractivity contribution in [3.63, 3.8) is 0 Å². The SMILES string of the molecule is CCC(CCC(C)N)c1cccc(S(=O)(=O)C(C)C)c1. The van der Waals surface area contributed by atoms with Crippen molar-refractivity contribution in [2.45, 2.75) is 69.1 Å². The Morgan fingerprint density at radius 1 is 1.15 bits per heavy atom. The Kier molecular flexibility index (Phi) is 6.21. The monoisotopic (exact) mass is 297 g/mol. The van der Waals surface area contributed by atoms with Crippen molar-refractivity contribution in [2.75, 3.05) is 0 Å². The number of hydrogen-bond acceptors (Lipinski definition) is 3. The Hall–Kier alpha value is -0.870. The minimum Gasteiger partial charge on any atom is -0.328 e. The lowest BCUT2D eigenvalue weighted by Crippen LogP contribution is -2.16. The number of benzene rings is 1. The maximum Gasteiger partial charge on any atom is 0.180 e. The molecule has 0 heterocycles. The summed E-state index contributed by atoms with van der Waals surface area (Å²) < 4.78 is 24.5. The lowest BCUT2D eigenvalue weighted by Gasteiger charge is -2.18. The predicted octanol–water partition coefficient (Wildman–Crippen LogP) is 3.49. The number of hydrogen-bond donors (Lipinski definition) is 1. The van der Waals surface area contributed by atoms with Gasteiger partial charge in [0.25, 0.3) is 0 Å². The average Bonchev–Trinajstić information content (AvgIpc) is 2.39. The largest absolute Gasteiger partial charge is 0.328 e. The molecule has 2 N–H and O–H groups in total. The zero-order valence-corrected chi connectivity index (χ0v) is 13.8. The average molecular weight is 297 g/mol. The first-order chi connectivity index (χ1) is 9.28. The third kappa shape index (κ3) is 4.32. The van der Waals surface area contributed by atoms with E-state index in [0.717, 1.165) is 24.8 Å². The van der Waals surface area contributed by atoms with Gasteiger partial charge in [0.2, 0.25) is 0 Å². The first-order valence-electron chi connectivity index (χ1n) is 7.38. The van der Waals surface area contributed by atoms with Crippen LogP contribution in [0.15, 0.2) is 29.2 Å². The molecule has 0 saturated carbocycles. The Morgan fingerprint density at radius 2 is 1.80 bits per heavy atom. The molecule has 3 nitrogen and oxygen atoms in total. The Balaban J connectivity index is 3.02. The van der Waals surface area contributed by atoms with E-state index >= 15 is 0 Å². The molecule has 1 aromatic carbocycles. The summed E-state index contributed by atoms with van der Waals surface area (Å²) in [4.78, 5) is 0.434. The molecular formula is C16H27NO2S. The zero-order valence-electron chi connectivity index (χ0n) is 13.0. The van der Waals surface area contributed by atoms with Crippen LogP contribution in [0, 0.1) is 0 Å². The van der Waals surface area contributed by atoms with Gasteiger partial charge in [0.15, 0.2) is 9.84 Å². The molecule has 0 bridgehead atoms. The van der Waals surface area contributed by atoms with Crippen molar-refractivity contribution in [2.24, 2.45) is 5.73 Å². The van der Waals surface area contributed by atoms with Gasteiger partial charge < -0.3 is 5.73 Å².